The number of rotatable bonds is 5. The molecule has 1 aliphatic rings. The number of ether oxygens (including phenoxy) is 1. The zero-order chi connectivity index (χ0) is 20.1. The molecule has 1 unspecified atom stereocenters. The van der Waals surface area contributed by atoms with Gasteiger partial charge in [0.05, 0.1) is 12.6 Å². The van der Waals surface area contributed by atoms with Crippen molar-refractivity contribution in [3.8, 4) is 17.1 Å². The minimum absolute atomic E-state index is 0. The van der Waals surface area contributed by atoms with Gasteiger partial charge in [0.2, 0.25) is 11.7 Å². The van der Waals surface area contributed by atoms with Crippen LogP contribution >= 0.6 is 35.6 Å². The second-order valence-electron chi connectivity index (χ2n) is 6.64. The number of hydrogen-bond acceptors (Lipinski definition) is 5. The Balaban J connectivity index is 0.00000256. The van der Waals surface area contributed by atoms with Gasteiger partial charge in [-0.25, -0.2) is 0 Å². The van der Waals surface area contributed by atoms with Gasteiger partial charge < -0.3 is 19.9 Å². The molecule has 0 radical (unpaired) electrons. The minimum Gasteiger partial charge on any atom is -0.493 e. The van der Waals surface area contributed by atoms with Crippen LogP contribution in [0.2, 0.25) is 5.02 Å². The molecule has 7 nitrogen and oxygen atoms in total. The summed E-state index contributed by atoms with van der Waals surface area (Å²) in [4.78, 5) is 8.76. The SMILES string of the molecule is CN=C(NCCc1nc(-c2cccc(Cl)c2)no1)NC1CCOc2ccccc21.I. The summed E-state index contributed by atoms with van der Waals surface area (Å²) in [7, 11) is 1.75. The zero-order valence-corrected chi connectivity index (χ0v) is 19.6. The van der Waals surface area contributed by atoms with Crippen LogP contribution < -0.4 is 15.4 Å². The minimum atomic E-state index is 0. The summed E-state index contributed by atoms with van der Waals surface area (Å²) in [6.07, 6.45) is 1.46. The van der Waals surface area contributed by atoms with Crippen molar-refractivity contribution in [2.75, 3.05) is 20.2 Å². The molecule has 0 spiro atoms. The van der Waals surface area contributed by atoms with E-state index in [0.717, 1.165) is 29.3 Å². The van der Waals surface area contributed by atoms with Crippen LogP contribution in [0.3, 0.4) is 0 Å². The van der Waals surface area contributed by atoms with E-state index in [1.54, 1.807) is 7.05 Å². The number of para-hydroxylation sites is 1. The maximum atomic E-state index is 6.02. The van der Waals surface area contributed by atoms with Gasteiger partial charge in [0.25, 0.3) is 0 Å². The Morgan fingerprint density at radius 3 is 2.93 bits per heavy atom. The first-order chi connectivity index (χ1) is 14.2. The molecule has 9 heteroatoms. The van der Waals surface area contributed by atoms with Gasteiger partial charge in [-0.1, -0.05) is 47.1 Å². The first-order valence-electron chi connectivity index (χ1n) is 9.50. The summed E-state index contributed by atoms with van der Waals surface area (Å²) in [5.41, 5.74) is 1.97. The second kappa shape index (κ2) is 10.6. The van der Waals surface area contributed by atoms with Gasteiger partial charge in [0, 0.05) is 42.6 Å². The summed E-state index contributed by atoms with van der Waals surface area (Å²) >= 11 is 6.02. The molecule has 2 aromatic carbocycles. The van der Waals surface area contributed by atoms with Crippen molar-refractivity contribution in [2.45, 2.75) is 18.9 Å². The number of nitrogens with zero attached hydrogens (tertiary/aromatic N) is 3. The van der Waals surface area contributed by atoms with E-state index >= 15 is 0 Å². The topological polar surface area (TPSA) is 84.6 Å². The van der Waals surface area contributed by atoms with Crippen molar-refractivity contribution in [1.82, 2.24) is 20.8 Å². The van der Waals surface area contributed by atoms with E-state index in [-0.39, 0.29) is 30.0 Å². The first-order valence-corrected chi connectivity index (χ1v) is 9.88. The van der Waals surface area contributed by atoms with Crippen LogP contribution in [0.15, 0.2) is 58.0 Å². The molecule has 158 valence electrons. The van der Waals surface area contributed by atoms with Crippen molar-refractivity contribution in [1.29, 1.82) is 0 Å². The fraction of sp³-hybridized carbons (Fsp3) is 0.286. The summed E-state index contributed by atoms with van der Waals surface area (Å²) in [6.45, 7) is 1.29. The molecule has 1 atom stereocenters. The summed E-state index contributed by atoms with van der Waals surface area (Å²) in [5.74, 6) is 2.73. The van der Waals surface area contributed by atoms with Gasteiger partial charge in [0.1, 0.15) is 5.75 Å². The Bertz CT molecular complexity index is 1010. The van der Waals surface area contributed by atoms with E-state index in [1.165, 1.54) is 0 Å². The predicted octanol–water partition coefficient (Wildman–Crippen LogP) is 4.24. The zero-order valence-electron chi connectivity index (χ0n) is 16.5. The van der Waals surface area contributed by atoms with Crippen LogP contribution in [0, 0.1) is 0 Å². The van der Waals surface area contributed by atoms with Crippen molar-refractivity contribution in [3.05, 3.63) is 65.0 Å². The number of guanidine groups is 1. The Morgan fingerprint density at radius 2 is 2.10 bits per heavy atom. The smallest absolute Gasteiger partial charge is 0.228 e. The summed E-state index contributed by atoms with van der Waals surface area (Å²) < 4.78 is 11.1. The van der Waals surface area contributed by atoms with Gasteiger partial charge in [-0.3, -0.25) is 4.99 Å². The lowest BCUT2D eigenvalue weighted by atomic mass is 10.0. The summed E-state index contributed by atoms with van der Waals surface area (Å²) in [6, 6.07) is 15.6. The standard InChI is InChI=1S/C21H22ClN5O2.HI/c1-23-21(25-17-10-12-28-18-8-3-2-7-16(17)18)24-11-9-19-26-20(27-29-19)14-5-4-6-15(22)13-14;/h2-8,13,17H,9-12H2,1H3,(H2,23,24,25);1H. The maximum absolute atomic E-state index is 6.02. The van der Waals surface area contributed by atoms with Crippen LogP contribution in [0.4, 0.5) is 0 Å². The monoisotopic (exact) mass is 539 g/mol. The molecule has 0 amide bonds. The Kier molecular flexibility index (Phi) is 7.92. The van der Waals surface area contributed by atoms with Crippen LogP contribution in [-0.4, -0.2) is 36.3 Å². The maximum Gasteiger partial charge on any atom is 0.228 e. The average Bonchev–Trinajstić information content (AvgIpc) is 3.22. The molecule has 2 N–H and O–H groups in total. The molecule has 0 bridgehead atoms. The van der Waals surface area contributed by atoms with Crippen molar-refractivity contribution < 1.29 is 9.26 Å². The number of nitrogens with one attached hydrogen (secondary N) is 2. The van der Waals surface area contributed by atoms with Gasteiger partial charge in [-0.15, -0.1) is 24.0 Å². The number of aromatic nitrogens is 2. The Morgan fingerprint density at radius 1 is 1.23 bits per heavy atom. The molecular weight excluding hydrogens is 517 g/mol. The highest BCUT2D eigenvalue weighted by Gasteiger charge is 2.21. The van der Waals surface area contributed by atoms with Crippen LogP contribution in [0.5, 0.6) is 5.75 Å². The van der Waals surface area contributed by atoms with E-state index in [2.05, 4.69) is 31.8 Å². The van der Waals surface area contributed by atoms with Crippen molar-refractivity contribution in [3.63, 3.8) is 0 Å². The highest BCUT2D eigenvalue weighted by molar-refractivity contribution is 14.0. The first kappa shape index (κ1) is 22.4. The molecule has 2 heterocycles. The molecule has 0 saturated heterocycles. The third-order valence-corrected chi connectivity index (χ3v) is 4.91. The van der Waals surface area contributed by atoms with Crippen LogP contribution in [0.25, 0.3) is 11.4 Å². The van der Waals surface area contributed by atoms with E-state index in [9.17, 15) is 0 Å². The van der Waals surface area contributed by atoms with E-state index in [4.69, 9.17) is 20.9 Å². The lowest BCUT2D eigenvalue weighted by molar-refractivity contribution is 0.261. The largest absolute Gasteiger partial charge is 0.493 e. The number of fused-ring (bicyclic) bond motifs is 1. The molecule has 30 heavy (non-hydrogen) atoms. The molecule has 0 aliphatic carbocycles. The van der Waals surface area contributed by atoms with Crippen LogP contribution in [-0.2, 0) is 6.42 Å². The molecule has 4 rings (SSSR count). The van der Waals surface area contributed by atoms with E-state index < -0.39 is 0 Å². The van der Waals surface area contributed by atoms with Gasteiger partial charge in [-0.2, -0.15) is 4.98 Å². The number of benzene rings is 2. The van der Waals surface area contributed by atoms with Gasteiger partial charge >= 0.3 is 0 Å². The number of hydrogen-bond donors (Lipinski definition) is 2. The lowest BCUT2D eigenvalue weighted by Crippen LogP contribution is -2.41. The lowest BCUT2D eigenvalue weighted by Gasteiger charge is -2.28. The third kappa shape index (κ3) is 5.42. The molecular formula is C21H23ClIN5O2. The highest BCUT2D eigenvalue weighted by atomic mass is 127. The normalized spacial score (nSPS) is 15.5. The fourth-order valence-corrected chi connectivity index (χ4v) is 3.43. The second-order valence-corrected chi connectivity index (χ2v) is 7.08. The third-order valence-electron chi connectivity index (χ3n) is 4.68. The molecule has 0 saturated carbocycles. The molecule has 1 aromatic heterocycles. The molecule has 1 aliphatic heterocycles. The molecule has 3 aromatic rings. The fourth-order valence-electron chi connectivity index (χ4n) is 3.24. The Hall–Kier alpha value is -2.33. The predicted molar refractivity (Wildman–Crippen MR) is 128 cm³/mol. The summed E-state index contributed by atoms with van der Waals surface area (Å²) in [5, 5.41) is 11.4. The Labute approximate surface area is 197 Å². The highest BCUT2D eigenvalue weighted by Crippen LogP contribution is 2.31. The van der Waals surface area contributed by atoms with Crippen LogP contribution in [0.1, 0.15) is 23.9 Å². The van der Waals surface area contributed by atoms with Crippen molar-refractivity contribution in [2.24, 2.45) is 4.99 Å². The van der Waals surface area contributed by atoms with E-state index in [1.807, 2.05) is 42.5 Å². The molecule has 0 fully saturated rings. The van der Waals surface area contributed by atoms with Gasteiger partial charge in [-0.05, 0) is 18.2 Å². The average molecular weight is 540 g/mol. The van der Waals surface area contributed by atoms with Crippen molar-refractivity contribution >= 4 is 41.5 Å². The quantitative estimate of drug-likeness (QED) is 0.287. The number of halogens is 2. The van der Waals surface area contributed by atoms with E-state index in [0.29, 0.717) is 36.3 Å². The number of aliphatic imine (C=N–C) groups is 1. The van der Waals surface area contributed by atoms with Gasteiger partial charge in [0.15, 0.2) is 5.96 Å².